The molecule has 0 aromatic rings. The van der Waals surface area contributed by atoms with Crippen molar-refractivity contribution < 1.29 is 14.7 Å². The highest BCUT2D eigenvalue weighted by Crippen LogP contribution is 2.12. The molecule has 0 aliphatic heterocycles. The zero-order valence-corrected chi connectivity index (χ0v) is 8.50. The van der Waals surface area contributed by atoms with Crippen molar-refractivity contribution in [1.29, 1.82) is 0 Å². The van der Waals surface area contributed by atoms with Gasteiger partial charge in [-0.25, -0.2) is 0 Å². The highest BCUT2D eigenvalue weighted by Gasteiger charge is 2.26. The average molecular weight is 187 g/mol. The third kappa shape index (κ3) is 3.92. The zero-order chi connectivity index (χ0) is 10.6. The Morgan fingerprint density at radius 3 is 1.92 bits per heavy atom. The van der Waals surface area contributed by atoms with Gasteiger partial charge in [0, 0.05) is 13.0 Å². The Balaban J connectivity index is 4.41. The molecule has 0 aliphatic rings. The lowest BCUT2D eigenvalue weighted by atomic mass is 9.92. The number of carbonyl (C=O) groups excluding carboxylic acids is 1. The molecule has 0 saturated carbocycles. The van der Waals surface area contributed by atoms with Gasteiger partial charge in [-0.3, -0.25) is 9.59 Å². The largest absolute Gasteiger partial charge is 0.481 e. The molecule has 0 heterocycles. The van der Waals surface area contributed by atoms with E-state index in [9.17, 15) is 9.59 Å². The van der Waals surface area contributed by atoms with Gasteiger partial charge in [0.05, 0.1) is 5.92 Å². The van der Waals surface area contributed by atoms with Gasteiger partial charge in [-0.2, -0.15) is 0 Å². The molecule has 4 nitrogen and oxygen atoms in total. The number of carboxylic acid groups (broad SMARTS) is 1. The Morgan fingerprint density at radius 1 is 1.23 bits per heavy atom. The lowest BCUT2D eigenvalue weighted by molar-refractivity contribution is -0.142. The van der Waals surface area contributed by atoms with Crippen molar-refractivity contribution in [3.05, 3.63) is 0 Å². The predicted molar refractivity (Wildman–Crippen MR) is 49.2 cm³/mol. The van der Waals surface area contributed by atoms with Gasteiger partial charge in [0.2, 0.25) is 5.91 Å². The topological polar surface area (TPSA) is 66.4 Å². The molecule has 0 aromatic carbocycles. The normalized spacial score (nSPS) is 15.2. The van der Waals surface area contributed by atoms with E-state index >= 15 is 0 Å². The van der Waals surface area contributed by atoms with E-state index in [0.717, 1.165) is 0 Å². The predicted octanol–water partition coefficient (Wildman–Crippen LogP) is 0.868. The van der Waals surface area contributed by atoms with Crippen LogP contribution in [-0.2, 0) is 9.59 Å². The second-order valence-electron chi connectivity index (χ2n) is 3.60. The molecule has 0 aliphatic carbocycles. The Kier molecular flexibility index (Phi) is 4.45. The van der Waals surface area contributed by atoms with Crippen molar-refractivity contribution in [2.45, 2.75) is 33.7 Å². The summed E-state index contributed by atoms with van der Waals surface area (Å²) in [5, 5.41) is 11.4. The van der Waals surface area contributed by atoms with Crippen LogP contribution in [-0.4, -0.2) is 23.0 Å². The van der Waals surface area contributed by atoms with E-state index in [0.29, 0.717) is 0 Å². The average Bonchev–Trinajstić information content (AvgIpc) is 1.97. The highest BCUT2D eigenvalue weighted by molar-refractivity contribution is 5.75. The molecule has 13 heavy (non-hydrogen) atoms. The van der Waals surface area contributed by atoms with Crippen LogP contribution in [0.15, 0.2) is 0 Å². The van der Waals surface area contributed by atoms with E-state index in [4.69, 9.17) is 5.11 Å². The van der Waals surface area contributed by atoms with Crippen molar-refractivity contribution >= 4 is 11.9 Å². The molecule has 2 atom stereocenters. The van der Waals surface area contributed by atoms with Gasteiger partial charge in [0.15, 0.2) is 0 Å². The first-order chi connectivity index (χ1) is 5.86. The first-order valence-corrected chi connectivity index (χ1v) is 4.36. The van der Waals surface area contributed by atoms with Gasteiger partial charge in [-0.05, 0) is 12.8 Å². The van der Waals surface area contributed by atoms with Crippen LogP contribution < -0.4 is 5.32 Å². The highest BCUT2D eigenvalue weighted by atomic mass is 16.4. The van der Waals surface area contributed by atoms with Crippen LogP contribution in [0.2, 0.25) is 0 Å². The van der Waals surface area contributed by atoms with Crippen LogP contribution >= 0.6 is 0 Å². The maximum atomic E-state index is 10.8. The van der Waals surface area contributed by atoms with E-state index in [2.05, 4.69) is 5.32 Å². The number of rotatable bonds is 4. The lowest BCUT2D eigenvalue weighted by Crippen LogP contribution is -2.44. The third-order valence-corrected chi connectivity index (χ3v) is 2.02. The van der Waals surface area contributed by atoms with E-state index < -0.39 is 11.9 Å². The van der Waals surface area contributed by atoms with E-state index in [1.807, 2.05) is 13.8 Å². The van der Waals surface area contributed by atoms with Crippen molar-refractivity contribution in [3.8, 4) is 0 Å². The standard InChI is InChI=1S/C9H17NO3/c1-5(2)8(10-7(4)11)6(3)9(12)13/h5-6,8H,1-4H3,(H,10,11)(H,12,13). The fourth-order valence-electron chi connectivity index (χ4n) is 1.26. The van der Waals surface area contributed by atoms with Crippen LogP contribution in [0.3, 0.4) is 0 Å². The van der Waals surface area contributed by atoms with E-state index in [1.54, 1.807) is 6.92 Å². The fourth-order valence-corrected chi connectivity index (χ4v) is 1.26. The van der Waals surface area contributed by atoms with E-state index in [1.165, 1.54) is 6.92 Å². The number of hydrogen-bond donors (Lipinski definition) is 2. The summed E-state index contributed by atoms with van der Waals surface area (Å²) >= 11 is 0. The minimum atomic E-state index is -0.882. The summed E-state index contributed by atoms with van der Waals surface area (Å²) in [5.74, 6) is -1.50. The first kappa shape index (κ1) is 11.9. The van der Waals surface area contributed by atoms with Gasteiger partial charge in [0.25, 0.3) is 0 Å². The van der Waals surface area contributed by atoms with Crippen molar-refractivity contribution in [2.24, 2.45) is 11.8 Å². The number of carbonyl (C=O) groups is 2. The van der Waals surface area contributed by atoms with Crippen molar-refractivity contribution in [2.75, 3.05) is 0 Å². The second-order valence-corrected chi connectivity index (χ2v) is 3.60. The molecule has 0 fully saturated rings. The van der Waals surface area contributed by atoms with Crippen molar-refractivity contribution in [1.82, 2.24) is 5.32 Å². The van der Waals surface area contributed by atoms with Gasteiger partial charge >= 0.3 is 5.97 Å². The van der Waals surface area contributed by atoms with E-state index in [-0.39, 0.29) is 17.9 Å². The fraction of sp³-hybridized carbons (Fsp3) is 0.778. The van der Waals surface area contributed by atoms with Crippen LogP contribution in [0.25, 0.3) is 0 Å². The molecular formula is C9H17NO3. The van der Waals surface area contributed by atoms with Gasteiger partial charge in [0.1, 0.15) is 0 Å². The van der Waals surface area contributed by atoms with Crippen LogP contribution in [0.1, 0.15) is 27.7 Å². The third-order valence-electron chi connectivity index (χ3n) is 2.02. The number of hydrogen-bond acceptors (Lipinski definition) is 2. The monoisotopic (exact) mass is 187 g/mol. The van der Waals surface area contributed by atoms with Crippen molar-refractivity contribution in [3.63, 3.8) is 0 Å². The summed E-state index contributed by atoms with van der Waals surface area (Å²) in [6.07, 6.45) is 0. The Morgan fingerprint density at radius 2 is 1.69 bits per heavy atom. The summed E-state index contributed by atoms with van der Waals surface area (Å²) in [4.78, 5) is 21.5. The number of amides is 1. The minimum Gasteiger partial charge on any atom is -0.481 e. The minimum absolute atomic E-state index is 0.120. The Hall–Kier alpha value is -1.06. The number of nitrogens with one attached hydrogen (secondary N) is 1. The number of aliphatic carboxylic acids is 1. The quantitative estimate of drug-likeness (QED) is 0.686. The smallest absolute Gasteiger partial charge is 0.308 e. The summed E-state index contributed by atoms with van der Waals surface area (Å²) in [6.45, 7) is 6.77. The van der Waals surface area contributed by atoms with Crippen LogP contribution in [0.4, 0.5) is 0 Å². The molecule has 0 aromatic heterocycles. The van der Waals surface area contributed by atoms with Gasteiger partial charge in [-0.15, -0.1) is 0 Å². The molecule has 0 bridgehead atoms. The zero-order valence-electron chi connectivity index (χ0n) is 8.50. The first-order valence-electron chi connectivity index (χ1n) is 4.36. The van der Waals surface area contributed by atoms with Gasteiger partial charge < -0.3 is 10.4 Å². The SMILES string of the molecule is CC(=O)NC(C(C)C)C(C)C(=O)O. The lowest BCUT2D eigenvalue weighted by Gasteiger charge is -2.25. The molecule has 0 rings (SSSR count). The van der Waals surface area contributed by atoms with Gasteiger partial charge in [-0.1, -0.05) is 13.8 Å². The number of carboxylic acids is 1. The maximum absolute atomic E-state index is 10.8. The molecular weight excluding hydrogens is 170 g/mol. The Labute approximate surface area is 78.3 Å². The molecule has 2 N–H and O–H groups in total. The molecule has 2 unspecified atom stereocenters. The van der Waals surface area contributed by atoms with Crippen LogP contribution in [0, 0.1) is 11.8 Å². The summed E-state index contributed by atoms with van der Waals surface area (Å²) < 4.78 is 0. The molecule has 4 heteroatoms. The molecule has 0 saturated heterocycles. The maximum Gasteiger partial charge on any atom is 0.308 e. The Bertz CT molecular complexity index is 201. The summed E-state index contributed by atoms with van der Waals surface area (Å²) in [6, 6.07) is -0.296. The summed E-state index contributed by atoms with van der Waals surface area (Å²) in [5.41, 5.74) is 0. The van der Waals surface area contributed by atoms with Crippen LogP contribution in [0.5, 0.6) is 0 Å². The molecule has 76 valence electrons. The molecule has 1 amide bonds. The second kappa shape index (κ2) is 4.84. The molecule has 0 spiro atoms. The molecule has 0 radical (unpaired) electrons. The summed E-state index contributed by atoms with van der Waals surface area (Å²) in [7, 11) is 0.